The quantitative estimate of drug-likeness (QED) is 0.836. The van der Waals surface area contributed by atoms with Crippen LogP contribution in [0, 0.1) is 0 Å². The minimum absolute atomic E-state index is 0.109. The van der Waals surface area contributed by atoms with Gasteiger partial charge in [0.2, 0.25) is 0 Å². The van der Waals surface area contributed by atoms with Gasteiger partial charge in [-0.15, -0.1) is 0 Å². The Hall–Kier alpha value is -1.10. The molecule has 0 radical (unpaired) electrons. The zero-order valence-electron chi connectivity index (χ0n) is 11.2. The van der Waals surface area contributed by atoms with Gasteiger partial charge >= 0.3 is 0 Å². The van der Waals surface area contributed by atoms with Crippen molar-refractivity contribution in [2.24, 2.45) is 0 Å². The van der Waals surface area contributed by atoms with Crippen LogP contribution in [0.5, 0.6) is 5.75 Å². The Morgan fingerprint density at radius 2 is 1.94 bits per heavy atom. The maximum absolute atomic E-state index is 5.93. The summed E-state index contributed by atoms with van der Waals surface area (Å²) < 4.78 is 16.2. The highest BCUT2D eigenvalue weighted by atomic mass is 16.6. The second-order valence-corrected chi connectivity index (χ2v) is 4.54. The molecule has 4 nitrogen and oxygen atoms in total. The van der Waals surface area contributed by atoms with Crippen molar-refractivity contribution in [3.63, 3.8) is 0 Å². The van der Waals surface area contributed by atoms with Crippen molar-refractivity contribution in [3.8, 4) is 5.75 Å². The highest BCUT2D eigenvalue weighted by Crippen LogP contribution is 2.23. The minimum Gasteiger partial charge on any atom is -0.497 e. The van der Waals surface area contributed by atoms with E-state index in [0.717, 1.165) is 5.75 Å². The van der Waals surface area contributed by atoms with Gasteiger partial charge in [-0.2, -0.15) is 0 Å². The lowest BCUT2D eigenvalue weighted by Crippen LogP contribution is -2.41. The average Bonchev–Trinajstić information content (AvgIpc) is 2.35. The lowest BCUT2D eigenvalue weighted by Gasteiger charge is -2.33. The van der Waals surface area contributed by atoms with Gasteiger partial charge in [0.05, 0.1) is 32.5 Å². The normalized spacial score (nSPS) is 19.1. The molecule has 2 atom stereocenters. The van der Waals surface area contributed by atoms with Crippen LogP contribution in [-0.4, -0.2) is 39.6 Å². The SMILES string of the molecule is CNC(c1ccc(OC)cc1)C(C)OC1COC1. The van der Waals surface area contributed by atoms with Crippen molar-refractivity contribution in [1.82, 2.24) is 5.32 Å². The van der Waals surface area contributed by atoms with Crippen molar-refractivity contribution in [2.75, 3.05) is 27.4 Å². The van der Waals surface area contributed by atoms with E-state index in [1.165, 1.54) is 5.56 Å². The summed E-state index contributed by atoms with van der Waals surface area (Å²) in [6.07, 6.45) is 0.353. The summed E-state index contributed by atoms with van der Waals surface area (Å²) in [4.78, 5) is 0. The molecular formula is C14H21NO3. The summed E-state index contributed by atoms with van der Waals surface area (Å²) in [5, 5.41) is 3.30. The van der Waals surface area contributed by atoms with Gasteiger partial charge in [0, 0.05) is 0 Å². The largest absolute Gasteiger partial charge is 0.497 e. The average molecular weight is 251 g/mol. The van der Waals surface area contributed by atoms with E-state index in [1.54, 1.807) is 7.11 Å². The molecule has 0 bridgehead atoms. The molecule has 0 aromatic heterocycles. The van der Waals surface area contributed by atoms with Crippen LogP contribution < -0.4 is 10.1 Å². The number of likely N-dealkylation sites (N-methyl/N-ethyl adjacent to an activating group) is 1. The maximum atomic E-state index is 5.93. The first-order valence-corrected chi connectivity index (χ1v) is 6.29. The monoisotopic (exact) mass is 251 g/mol. The summed E-state index contributed by atoms with van der Waals surface area (Å²) >= 11 is 0. The van der Waals surface area contributed by atoms with Crippen LogP contribution in [0.15, 0.2) is 24.3 Å². The molecule has 4 heteroatoms. The van der Waals surface area contributed by atoms with E-state index < -0.39 is 0 Å². The summed E-state index contributed by atoms with van der Waals surface area (Å²) in [5.74, 6) is 0.870. The Morgan fingerprint density at radius 1 is 1.28 bits per heavy atom. The van der Waals surface area contributed by atoms with Gasteiger partial charge < -0.3 is 19.5 Å². The molecule has 1 heterocycles. The number of benzene rings is 1. The number of nitrogens with one attached hydrogen (secondary N) is 1. The van der Waals surface area contributed by atoms with Crippen molar-refractivity contribution < 1.29 is 14.2 Å². The van der Waals surface area contributed by atoms with Gasteiger partial charge in [0.15, 0.2) is 0 Å². The lowest BCUT2D eigenvalue weighted by atomic mass is 10.0. The van der Waals surface area contributed by atoms with Gasteiger partial charge in [0.25, 0.3) is 0 Å². The molecule has 0 spiro atoms. The number of methoxy groups -OCH3 is 1. The molecular weight excluding hydrogens is 230 g/mol. The molecule has 1 fully saturated rings. The summed E-state index contributed by atoms with van der Waals surface area (Å²) in [6, 6.07) is 8.25. The molecule has 1 N–H and O–H groups in total. The fourth-order valence-electron chi connectivity index (χ4n) is 2.16. The van der Waals surface area contributed by atoms with E-state index in [2.05, 4.69) is 24.4 Å². The van der Waals surface area contributed by atoms with Crippen molar-refractivity contribution in [2.45, 2.75) is 25.2 Å². The number of hydrogen-bond donors (Lipinski definition) is 1. The zero-order chi connectivity index (χ0) is 13.0. The molecule has 18 heavy (non-hydrogen) atoms. The molecule has 100 valence electrons. The van der Waals surface area contributed by atoms with Gasteiger partial charge in [-0.3, -0.25) is 0 Å². The van der Waals surface area contributed by atoms with Crippen LogP contribution in [0.2, 0.25) is 0 Å². The standard InChI is InChI=1S/C14H21NO3/c1-10(18-13-8-17-9-13)14(15-2)11-4-6-12(16-3)7-5-11/h4-7,10,13-15H,8-9H2,1-3H3. The van der Waals surface area contributed by atoms with E-state index in [1.807, 2.05) is 19.2 Å². The van der Waals surface area contributed by atoms with E-state index in [0.29, 0.717) is 13.2 Å². The Morgan fingerprint density at radius 3 is 2.39 bits per heavy atom. The van der Waals surface area contributed by atoms with Gasteiger partial charge in [0.1, 0.15) is 11.9 Å². The molecule has 1 aromatic carbocycles. The van der Waals surface area contributed by atoms with E-state index in [9.17, 15) is 0 Å². The first kappa shape index (κ1) is 13.3. The summed E-state index contributed by atoms with van der Waals surface area (Å²) in [7, 11) is 3.62. The predicted molar refractivity (Wildman–Crippen MR) is 69.9 cm³/mol. The fourth-order valence-corrected chi connectivity index (χ4v) is 2.16. The number of hydrogen-bond acceptors (Lipinski definition) is 4. The van der Waals surface area contributed by atoms with Crippen molar-refractivity contribution in [1.29, 1.82) is 0 Å². The smallest absolute Gasteiger partial charge is 0.118 e. The van der Waals surface area contributed by atoms with Gasteiger partial charge in [-0.05, 0) is 31.7 Å². The molecule has 0 aliphatic carbocycles. The minimum atomic E-state index is 0.109. The van der Waals surface area contributed by atoms with E-state index in [-0.39, 0.29) is 18.2 Å². The first-order chi connectivity index (χ1) is 8.74. The van der Waals surface area contributed by atoms with Gasteiger partial charge in [-0.25, -0.2) is 0 Å². The molecule has 1 aliphatic rings. The van der Waals surface area contributed by atoms with E-state index >= 15 is 0 Å². The molecule has 1 aromatic rings. The second-order valence-electron chi connectivity index (χ2n) is 4.54. The second kappa shape index (κ2) is 6.18. The van der Waals surface area contributed by atoms with Crippen LogP contribution in [0.25, 0.3) is 0 Å². The van der Waals surface area contributed by atoms with E-state index in [4.69, 9.17) is 14.2 Å². The zero-order valence-corrected chi connectivity index (χ0v) is 11.2. The molecule has 1 saturated heterocycles. The van der Waals surface area contributed by atoms with Crippen molar-refractivity contribution >= 4 is 0 Å². The predicted octanol–water partition coefficient (Wildman–Crippen LogP) is 1.76. The Kier molecular flexibility index (Phi) is 4.58. The topological polar surface area (TPSA) is 39.7 Å². The first-order valence-electron chi connectivity index (χ1n) is 6.29. The molecule has 2 rings (SSSR count). The number of rotatable bonds is 6. The molecule has 1 aliphatic heterocycles. The van der Waals surface area contributed by atoms with Crippen molar-refractivity contribution in [3.05, 3.63) is 29.8 Å². The fraction of sp³-hybridized carbons (Fsp3) is 0.571. The van der Waals surface area contributed by atoms with Gasteiger partial charge in [-0.1, -0.05) is 12.1 Å². The highest BCUT2D eigenvalue weighted by molar-refractivity contribution is 5.29. The Labute approximate surface area is 108 Å². The Bertz CT molecular complexity index is 362. The van der Waals surface area contributed by atoms with Crippen LogP contribution >= 0.6 is 0 Å². The third-order valence-corrected chi connectivity index (χ3v) is 3.27. The van der Waals surface area contributed by atoms with Crippen LogP contribution in [-0.2, 0) is 9.47 Å². The molecule has 2 unspecified atom stereocenters. The Balaban J connectivity index is 2.00. The number of ether oxygens (including phenoxy) is 3. The van der Waals surface area contributed by atoms with Crippen LogP contribution in [0.4, 0.5) is 0 Å². The molecule has 0 amide bonds. The van der Waals surface area contributed by atoms with Crippen LogP contribution in [0.3, 0.4) is 0 Å². The third-order valence-electron chi connectivity index (χ3n) is 3.27. The lowest BCUT2D eigenvalue weighted by molar-refractivity contribution is -0.156. The third kappa shape index (κ3) is 3.02. The van der Waals surface area contributed by atoms with Crippen LogP contribution in [0.1, 0.15) is 18.5 Å². The maximum Gasteiger partial charge on any atom is 0.118 e. The highest BCUT2D eigenvalue weighted by Gasteiger charge is 2.26. The summed E-state index contributed by atoms with van der Waals surface area (Å²) in [5.41, 5.74) is 1.20. The molecule has 0 saturated carbocycles. The summed E-state index contributed by atoms with van der Waals surface area (Å²) in [6.45, 7) is 3.51.